The SMILES string of the molecule is CCCCCC(CC)(CC)CBr. The van der Waals surface area contributed by atoms with Crippen LogP contribution in [0.25, 0.3) is 0 Å². The lowest BCUT2D eigenvalue weighted by Crippen LogP contribution is -2.20. The number of unbranched alkanes of at least 4 members (excludes halogenated alkanes) is 2. The van der Waals surface area contributed by atoms with E-state index in [1.54, 1.807) is 0 Å². The van der Waals surface area contributed by atoms with E-state index in [1.807, 2.05) is 0 Å². The Kier molecular flexibility index (Phi) is 7.22. The zero-order valence-corrected chi connectivity index (χ0v) is 10.4. The minimum absolute atomic E-state index is 0.592. The van der Waals surface area contributed by atoms with E-state index in [0.717, 1.165) is 0 Å². The zero-order chi connectivity index (χ0) is 9.45. The third kappa shape index (κ3) is 3.93. The van der Waals surface area contributed by atoms with Gasteiger partial charge in [0.25, 0.3) is 0 Å². The lowest BCUT2D eigenvalue weighted by Gasteiger charge is -2.29. The highest BCUT2D eigenvalue weighted by molar-refractivity contribution is 9.09. The molecular weight excluding hydrogens is 212 g/mol. The first-order valence-electron chi connectivity index (χ1n) is 5.30. The summed E-state index contributed by atoms with van der Waals surface area (Å²) in [5.74, 6) is 0. The van der Waals surface area contributed by atoms with Crippen molar-refractivity contribution in [3.05, 3.63) is 0 Å². The van der Waals surface area contributed by atoms with Crippen LogP contribution in [0.3, 0.4) is 0 Å². The Morgan fingerprint density at radius 1 is 1.00 bits per heavy atom. The Hall–Kier alpha value is 0.480. The van der Waals surface area contributed by atoms with Crippen LogP contribution in [-0.2, 0) is 0 Å². The maximum absolute atomic E-state index is 3.65. The van der Waals surface area contributed by atoms with E-state index in [-0.39, 0.29) is 0 Å². The van der Waals surface area contributed by atoms with Crippen molar-refractivity contribution in [1.29, 1.82) is 0 Å². The van der Waals surface area contributed by atoms with Gasteiger partial charge >= 0.3 is 0 Å². The van der Waals surface area contributed by atoms with E-state index in [9.17, 15) is 0 Å². The fraction of sp³-hybridized carbons (Fsp3) is 1.00. The minimum atomic E-state index is 0.592. The molecule has 1 heteroatoms. The van der Waals surface area contributed by atoms with Crippen molar-refractivity contribution >= 4 is 15.9 Å². The Balaban J connectivity index is 3.76. The minimum Gasteiger partial charge on any atom is -0.0922 e. The predicted octanol–water partition coefficient (Wildman–Crippen LogP) is 4.77. The predicted molar refractivity (Wildman–Crippen MR) is 61.0 cm³/mol. The maximum atomic E-state index is 3.65. The van der Waals surface area contributed by atoms with Gasteiger partial charge in [0.1, 0.15) is 0 Å². The second-order valence-electron chi connectivity index (χ2n) is 3.80. The number of alkyl halides is 1. The molecule has 0 heterocycles. The van der Waals surface area contributed by atoms with E-state index < -0.39 is 0 Å². The first-order chi connectivity index (χ1) is 5.74. The molecule has 0 rings (SSSR count). The van der Waals surface area contributed by atoms with E-state index in [4.69, 9.17) is 0 Å². The molecule has 0 aliphatic rings. The number of halogens is 1. The molecule has 0 amide bonds. The van der Waals surface area contributed by atoms with Gasteiger partial charge in [0.15, 0.2) is 0 Å². The number of hydrogen-bond donors (Lipinski definition) is 0. The van der Waals surface area contributed by atoms with Crippen LogP contribution in [0.5, 0.6) is 0 Å². The fourth-order valence-corrected chi connectivity index (χ4v) is 2.68. The molecule has 0 saturated heterocycles. The van der Waals surface area contributed by atoms with E-state index in [2.05, 4.69) is 36.7 Å². The van der Waals surface area contributed by atoms with Gasteiger partial charge in [-0.05, 0) is 24.7 Å². The van der Waals surface area contributed by atoms with Crippen molar-refractivity contribution in [3.63, 3.8) is 0 Å². The highest BCUT2D eigenvalue weighted by atomic mass is 79.9. The summed E-state index contributed by atoms with van der Waals surface area (Å²) in [6.07, 6.45) is 8.18. The molecule has 0 aliphatic heterocycles. The van der Waals surface area contributed by atoms with Crippen LogP contribution < -0.4 is 0 Å². The van der Waals surface area contributed by atoms with Crippen LogP contribution >= 0.6 is 15.9 Å². The molecule has 0 aliphatic carbocycles. The molecule has 0 saturated carbocycles. The number of rotatable bonds is 7. The van der Waals surface area contributed by atoms with Crippen LogP contribution in [0.2, 0.25) is 0 Å². The molecule has 0 aromatic heterocycles. The van der Waals surface area contributed by atoms with Gasteiger partial charge in [-0.2, -0.15) is 0 Å². The van der Waals surface area contributed by atoms with Gasteiger partial charge < -0.3 is 0 Å². The lowest BCUT2D eigenvalue weighted by molar-refractivity contribution is 0.273. The summed E-state index contributed by atoms with van der Waals surface area (Å²) in [6.45, 7) is 6.90. The molecular formula is C11H23Br. The van der Waals surface area contributed by atoms with Crippen LogP contribution in [0, 0.1) is 5.41 Å². The Bertz CT molecular complexity index is 86.9. The van der Waals surface area contributed by atoms with E-state index in [1.165, 1.54) is 43.9 Å². The molecule has 0 aromatic carbocycles. The Morgan fingerprint density at radius 3 is 1.92 bits per heavy atom. The van der Waals surface area contributed by atoms with Crippen molar-refractivity contribution in [2.24, 2.45) is 5.41 Å². The smallest absolute Gasteiger partial charge is 0.00877 e. The van der Waals surface area contributed by atoms with Crippen LogP contribution in [0.15, 0.2) is 0 Å². The summed E-state index contributed by atoms with van der Waals surface area (Å²) >= 11 is 3.65. The molecule has 0 aromatic rings. The number of hydrogen-bond acceptors (Lipinski definition) is 0. The molecule has 0 spiro atoms. The monoisotopic (exact) mass is 234 g/mol. The van der Waals surface area contributed by atoms with Gasteiger partial charge in [0.2, 0.25) is 0 Å². The van der Waals surface area contributed by atoms with Crippen LogP contribution in [0.4, 0.5) is 0 Å². The van der Waals surface area contributed by atoms with Gasteiger partial charge in [0.05, 0.1) is 0 Å². The average Bonchev–Trinajstić information content (AvgIpc) is 2.14. The van der Waals surface area contributed by atoms with Gasteiger partial charge in [0, 0.05) is 5.33 Å². The van der Waals surface area contributed by atoms with Crippen molar-refractivity contribution < 1.29 is 0 Å². The van der Waals surface area contributed by atoms with Gasteiger partial charge in [-0.1, -0.05) is 56.0 Å². The third-order valence-corrected chi connectivity index (χ3v) is 4.28. The summed E-state index contributed by atoms with van der Waals surface area (Å²) in [7, 11) is 0. The van der Waals surface area contributed by atoms with E-state index >= 15 is 0 Å². The van der Waals surface area contributed by atoms with Gasteiger partial charge in [-0.3, -0.25) is 0 Å². The van der Waals surface area contributed by atoms with Crippen molar-refractivity contribution in [2.45, 2.75) is 59.3 Å². The largest absolute Gasteiger partial charge is 0.0922 e. The Labute approximate surface area is 86.3 Å². The summed E-state index contributed by atoms with van der Waals surface area (Å²) < 4.78 is 0. The standard InChI is InChI=1S/C11H23Br/c1-4-7-8-9-11(5-2,6-3)10-12/h4-10H2,1-3H3. The molecule has 0 nitrogen and oxygen atoms in total. The van der Waals surface area contributed by atoms with Crippen molar-refractivity contribution in [1.82, 2.24) is 0 Å². The average molecular weight is 235 g/mol. The highest BCUT2D eigenvalue weighted by Gasteiger charge is 2.23. The fourth-order valence-electron chi connectivity index (χ4n) is 1.61. The summed E-state index contributed by atoms with van der Waals surface area (Å²) in [4.78, 5) is 0. The van der Waals surface area contributed by atoms with E-state index in [0.29, 0.717) is 5.41 Å². The normalized spacial score (nSPS) is 12.0. The molecule has 12 heavy (non-hydrogen) atoms. The van der Waals surface area contributed by atoms with Crippen molar-refractivity contribution in [2.75, 3.05) is 5.33 Å². The molecule has 0 N–H and O–H groups in total. The maximum Gasteiger partial charge on any atom is 0.00877 e. The van der Waals surface area contributed by atoms with Gasteiger partial charge in [-0.15, -0.1) is 0 Å². The molecule has 0 radical (unpaired) electrons. The second kappa shape index (κ2) is 6.94. The molecule has 0 atom stereocenters. The first kappa shape index (κ1) is 12.5. The second-order valence-corrected chi connectivity index (χ2v) is 4.36. The highest BCUT2D eigenvalue weighted by Crippen LogP contribution is 2.34. The summed E-state index contributed by atoms with van der Waals surface area (Å²) in [5, 5.41) is 1.18. The molecule has 0 bridgehead atoms. The first-order valence-corrected chi connectivity index (χ1v) is 6.42. The Morgan fingerprint density at radius 2 is 1.58 bits per heavy atom. The summed E-state index contributed by atoms with van der Waals surface area (Å²) in [6, 6.07) is 0. The molecule has 0 unspecified atom stereocenters. The van der Waals surface area contributed by atoms with Crippen LogP contribution in [0.1, 0.15) is 59.3 Å². The van der Waals surface area contributed by atoms with Crippen molar-refractivity contribution in [3.8, 4) is 0 Å². The summed E-state index contributed by atoms with van der Waals surface area (Å²) in [5.41, 5.74) is 0.592. The quantitative estimate of drug-likeness (QED) is 0.440. The van der Waals surface area contributed by atoms with Gasteiger partial charge in [-0.25, -0.2) is 0 Å². The topological polar surface area (TPSA) is 0 Å². The molecule has 74 valence electrons. The molecule has 0 fully saturated rings. The lowest BCUT2D eigenvalue weighted by atomic mass is 9.80. The zero-order valence-electron chi connectivity index (χ0n) is 8.83. The third-order valence-electron chi connectivity index (χ3n) is 3.09. The van der Waals surface area contributed by atoms with Crippen LogP contribution in [-0.4, -0.2) is 5.33 Å².